The minimum absolute atomic E-state index is 0.100. The van der Waals surface area contributed by atoms with E-state index in [0.29, 0.717) is 40.7 Å². The van der Waals surface area contributed by atoms with Crippen molar-refractivity contribution in [1.29, 1.82) is 0 Å². The van der Waals surface area contributed by atoms with Crippen molar-refractivity contribution < 1.29 is 24.4 Å². The number of H-pyrrole nitrogens is 2. The largest absolute Gasteiger partial charge is 0.497 e. The van der Waals surface area contributed by atoms with Crippen molar-refractivity contribution >= 4 is 24.4 Å². The maximum Gasteiger partial charge on any atom is 0.259 e. The fraction of sp³-hybridized carbons (Fsp3) is 0.244. The summed E-state index contributed by atoms with van der Waals surface area (Å²) < 4.78 is 19.1. The Bertz CT molecular complexity index is 2510. The summed E-state index contributed by atoms with van der Waals surface area (Å²) in [6, 6.07) is 22.9. The molecule has 7 rings (SSSR count). The van der Waals surface area contributed by atoms with E-state index in [2.05, 4.69) is 25.9 Å². The van der Waals surface area contributed by atoms with E-state index in [0.717, 1.165) is 36.9 Å². The van der Waals surface area contributed by atoms with Crippen LogP contribution in [0.2, 0.25) is 0 Å². The SMILES string of the molecule is COc1cccc(-n2c(O)c(C(c3ccc(OC)c(CN4CCCC[C@@H]4c4cccnc4)c3)c3c(O)n(-c4cccc(OC)c4)c(=S)[nH]c3=O)c(=O)[nH]c2=S)c1. The van der Waals surface area contributed by atoms with Crippen molar-refractivity contribution in [3.63, 3.8) is 0 Å². The Labute approximate surface area is 332 Å². The number of piperidine rings is 1. The number of aromatic hydroxyl groups is 2. The number of ether oxygens (including phenoxy) is 3. The third kappa shape index (κ3) is 7.35. The zero-order chi connectivity index (χ0) is 39.5. The molecule has 0 aliphatic carbocycles. The van der Waals surface area contributed by atoms with Gasteiger partial charge in [0.05, 0.1) is 49.7 Å². The second-order valence-electron chi connectivity index (χ2n) is 13.3. The zero-order valence-corrected chi connectivity index (χ0v) is 32.5. The molecule has 0 unspecified atom stereocenters. The predicted molar refractivity (Wildman–Crippen MR) is 216 cm³/mol. The molecule has 4 heterocycles. The van der Waals surface area contributed by atoms with Gasteiger partial charge in [-0.3, -0.25) is 38.6 Å². The third-order valence-electron chi connectivity index (χ3n) is 10.1. The second-order valence-corrected chi connectivity index (χ2v) is 14.1. The van der Waals surface area contributed by atoms with Crippen LogP contribution in [0.1, 0.15) is 59.0 Å². The highest BCUT2D eigenvalue weighted by Gasteiger charge is 2.34. The molecule has 4 N–H and O–H groups in total. The lowest BCUT2D eigenvalue weighted by atomic mass is 9.85. The first-order valence-corrected chi connectivity index (χ1v) is 18.7. The maximum absolute atomic E-state index is 14.2. The lowest BCUT2D eigenvalue weighted by Gasteiger charge is -2.36. The Morgan fingerprint density at radius 2 is 1.39 bits per heavy atom. The van der Waals surface area contributed by atoms with Crippen molar-refractivity contribution in [2.75, 3.05) is 27.9 Å². The van der Waals surface area contributed by atoms with Crippen molar-refractivity contribution in [2.45, 2.75) is 37.8 Å². The van der Waals surface area contributed by atoms with Gasteiger partial charge >= 0.3 is 0 Å². The van der Waals surface area contributed by atoms with Gasteiger partial charge in [-0.25, -0.2) is 0 Å². The van der Waals surface area contributed by atoms with Crippen LogP contribution < -0.4 is 25.3 Å². The van der Waals surface area contributed by atoms with Crippen molar-refractivity contribution in [1.82, 2.24) is 29.0 Å². The van der Waals surface area contributed by atoms with Gasteiger partial charge in [-0.15, -0.1) is 0 Å². The molecule has 3 aromatic carbocycles. The Hall–Kier alpha value is -6.03. The number of likely N-dealkylation sites (tertiary alicyclic amines) is 1. The van der Waals surface area contributed by atoms with Gasteiger partial charge in [0.25, 0.3) is 11.1 Å². The molecule has 1 fully saturated rings. The molecule has 1 aliphatic rings. The molecule has 13 nitrogen and oxygen atoms in total. The number of rotatable bonds is 11. The van der Waals surface area contributed by atoms with Crippen molar-refractivity contribution in [2.24, 2.45) is 0 Å². The molecule has 0 saturated carbocycles. The minimum atomic E-state index is -1.37. The van der Waals surface area contributed by atoms with Crippen LogP contribution in [0.15, 0.2) is 101 Å². The van der Waals surface area contributed by atoms with Gasteiger partial charge in [-0.2, -0.15) is 0 Å². The second kappa shape index (κ2) is 16.4. The van der Waals surface area contributed by atoms with Crippen LogP contribution in [-0.2, 0) is 6.54 Å². The van der Waals surface area contributed by atoms with E-state index in [1.807, 2.05) is 18.3 Å². The van der Waals surface area contributed by atoms with Crippen molar-refractivity contribution in [3.8, 4) is 40.4 Å². The number of hydrogen-bond acceptors (Lipinski definition) is 11. The molecular formula is C41H40N6O7S2. The molecule has 288 valence electrons. The highest BCUT2D eigenvalue weighted by Crippen LogP contribution is 2.41. The summed E-state index contributed by atoms with van der Waals surface area (Å²) in [6.45, 7) is 1.27. The van der Waals surface area contributed by atoms with E-state index >= 15 is 0 Å². The summed E-state index contributed by atoms with van der Waals surface area (Å²) in [6.07, 6.45) is 6.65. The van der Waals surface area contributed by atoms with Crippen LogP contribution >= 0.6 is 24.4 Å². The maximum atomic E-state index is 14.2. The molecular weight excluding hydrogens is 753 g/mol. The molecule has 56 heavy (non-hydrogen) atoms. The van der Waals surface area contributed by atoms with Crippen LogP contribution in [0.25, 0.3) is 11.4 Å². The number of hydrogen-bond donors (Lipinski definition) is 4. The van der Waals surface area contributed by atoms with E-state index in [-0.39, 0.29) is 26.7 Å². The van der Waals surface area contributed by atoms with Gasteiger partial charge in [0.1, 0.15) is 17.2 Å². The smallest absolute Gasteiger partial charge is 0.259 e. The first kappa shape index (κ1) is 38.3. The summed E-state index contributed by atoms with van der Waals surface area (Å²) in [5.41, 5.74) is 1.00. The number of benzene rings is 3. The molecule has 0 radical (unpaired) electrons. The average Bonchev–Trinajstić information content (AvgIpc) is 3.20. The molecule has 1 saturated heterocycles. The fourth-order valence-corrected chi connectivity index (χ4v) is 8.07. The van der Waals surface area contributed by atoms with Crippen molar-refractivity contribution in [3.05, 3.63) is 149 Å². The summed E-state index contributed by atoms with van der Waals surface area (Å²) >= 11 is 11.1. The van der Waals surface area contributed by atoms with Crippen LogP contribution in [0.3, 0.4) is 0 Å². The topological polar surface area (TPSA) is 160 Å². The molecule has 0 amide bonds. The van der Waals surface area contributed by atoms with Gasteiger partial charge in [-0.05, 0) is 97.4 Å². The van der Waals surface area contributed by atoms with E-state index in [1.165, 1.54) is 23.4 Å². The predicted octanol–water partition coefficient (Wildman–Crippen LogP) is 6.84. The van der Waals surface area contributed by atoms with E-state index in [4.69, 9.17) is 38.6 Å². The van der Waals surface area contributed by atoms with Crippen LogP contribution in [0.5, 0.6) is 29.0 Å². The number of nitrogens with zero attached hydrogens (tertiary/aromatic N) is 4. The van der Waals surface area contributed by atoms with Gasteiger partial charge in [-0.1, -0.05) is 30.7 Å². The lowest BCUT2D eigenvalue weighted by Crippen LogP contribution is -2.33. The van der Waals surface area contributed by atoms with E-state index in [1.54, 1.807) is 74.0 Å². The number of pyridine rings is 1. The lowest BCUT2D eigenvalue weighted by molar-refractivity contribution is 0.139. The number of aromatic amines is 2. The van der Waals surface area contributed by atoms with Gasteiger partial charge in [0.15, 0.2) is 9.54 Å². The zero-order valence-electron chi connectivity index (χ0n) is 30.9. The van der Waals surface area contributed by atoms with E-state index in [9.17, 15) is 19.8 Å². The number of methoxy groups -OCH3 is 3. The molecule has 1 atom stereocenters. The summed E-state index contributed by atoms with van der Waals surface area (Å²) in [7, 11) is 4.59. The molecule has 0 spiro atoms. The Morgan fingerprint density at radius 1 is 0.786 bits per heavy atom. The first-order chi connectivity index (χ1) is 27.1. The quantitative estimate of drug-likeness (QED) is 0.102. The molecule has 0 bridgehead atoms. The average molecular weight is 793 g/mol. The van der Waals surface area contributed by atoms with Gasteiger partial charge < -0.3 is 24.4 Å². The standard InChI is InChI=1S/C41H40N6O7S2/c1-52-29-12-6-10-27(20-29)46-38(50)34(36(48)43-40(46)55)33(35-37(49)44-41(56)47(39(35)51)28-11-7-13-30(21-28)53-2)24-15-16-32(54-3)26(19-24)23-45-18-5-4-14-31(45)25-9-8-17-42-22-25/h6-13,15-17,19-22,31,33,50-51H,4-5,14,18,23H2,1-3H3,(H,43,48,55)(H,44,49,56)/t31-/m1/s1. The number of aromatic nitrogens is 5. The Morgan fingerprint density at radius 3 is 1.93 bits per heavy atom. The van der Waals surface area contributed by atoms with E-state index < -0.39 is 28.8 Å². The fourth-order valence-electron chi connectivity index (χ4n) is 7.50. The third-order valence-corrected chi connectivity index (χ3v) is 10.7. The normalized spacial score (nSPS) is 14.5. The molecule has 6 aromatic rings. The highest BCUT2D eigenvalue weighted by molar-refractivity contribution is 7.71. The summed E-state index contributed by atoms with van der Waals surface area (Å²) in [5, 5.41) is 24.4. The summed E-state index contributed by atoms with van der Waals surface area (Å²) in [4.78, 5) is 40.5. The first-order valence-electron chi connectivity index (χ1n) is 17.9. The monoisotopic (exact) mass is 792 g/mol. The van der Waals surface area contributed by atoms with Gasteiger partial charge in [0.2, 0.25) is 11.8 Å². The van der Waals surface area contributed by atoms with Crippen LogP contribution in [0, 0.1) is 9.54 Å². The van der Waals surface area contributed by atoms with Crippen LogP contribution in [-0.4, -0.2) is 67.1 Å². The minimum Gasteiger partial charge on any atom is -0.497 e. The molecule has 15 heteroatoms. The Balaban J connectivity index is 1.48. The molecule has 1 aliphatic heterocycles. The molecule has 3 aromatic heterocycles. The van der Waals surface area contributed by atoms with Crippen LogP contribution in [0.4, 0.5) is 0 Å². The highest BCUT2D eigenvalue weighted by atomic mass is 32.1. The summed E-state index contributed by atoms with van der Waals surface area (Å²) in [5.74, 6) is -0.928. The van der Waals surface area contributed by atoms with Gasteiger partial charge in [0, 0.05) is 42.7 Å². The Kier molecular flexibility index (Phi) is 11.2. The number of nitrogens with one attached hydrogen (secondary N) is 2.